The average Bonchev–Trinajstić information content (AvgIpc) is 3.41. The number of thioether (sulfide) groups is 1. The van der Waals surface area contributed by atoms with Gasteiger partial charge in [-0.05, 0) is 35.9 Å². The standard InChI is InChI=1S/C25H19N5O2S2/c26-18-12-10-16(11-13-18)14-20-24(32)30(23(27-20)17-6-2-1-3-7-17)29-22(31)15-33-25-28-19-8-4-5-9-21(19)34-25/h1-14H,15,26H2,(H,29,31)/b20-14-. The molecule has 0 aliphatic carbocycles. The normalized spacial score (nSPS) is 14.6. The summed E-state index contributed by atoms with van der Waals surface area (Å²) in [5, 5.41) is 1.21. The fourth-order valence-corrected chi connectivity index (χ4v) is 5.21. The Morgan fingerprint density at radius 1 is 1.03 bits per heavy atom. The number of carbonyl (C=O) groups excluding carboxylic acids is 2. The van der Waals surface area contributed by atoms with Crippen LogP contribution in [0.1, 0.15) is 11.1 Å². The number of amides is 2. The first-order valence-electron chi connectivity index (χ1n) is 10.4. The first kappa shape index (κ1) is 21.9. The molecule has 7 nitrogen and oxygen atoms in total. The molecule has 4 aromatic rings. The monoisotopic (exact) mass is 485 g/mol. The lowest BCUT2D eigenvalue weighted by molar-refractivity contribution is -0.132. The maximum atomic E-state index is 13.2. The summed E-state index contributed by atoms with van der Waals surface area (Å²) >= 11 is 2.86. The van der Waals surface area contributed by atoms with Crippen LogP contribution >= 0.6 is 23.1 Å². The molecule has 9 heteroatoms. The zero-order valence-electron chi connectivity index (χ0n) is 17.8. The molecule has 3 aromatic carbocycles. The third kappa shape index (κ3) is 4.70. The van der Waals surface area contributed by atoms with Crippen LogP contribution in [0.3, 0.4) is 0 Å². The number of nitrogens with two attached hydrogens (primary N) is 1. The van der Waals surface area contributed by atoms with Gasteiger partial charge < -0.3 is 5.73 Å². The molecule has 2 amide bonds. The minimum Gasteiger partial charge on any atom is -0.399 e. The molecule has 34 heavy (non-hydrogen) atoms. The predicted octanol–water partition coefficient (Wildman–Crippen LogP) is 4.33. The van der Waals surface area contributed by atoms with Gasteiger partial charge >= 0.3 is 0 Å². The van der Waals surface area contributed by atoms with E-state index in [0.29, 0.717) is 11.5 Å². The highest BCUT2D eigenvalue weighted by Crippen LogP contribution is 2.29. The fraction of sp³-hybridized carbons (Fsp3) is 0.0400. The Morgan fingerprint density at radius 2 is 1.76 bits per heavy atom. The van der Waals surface area contributed by atoms with Gasteiger partial charge in [-0.1, -0.05) is 66.4 Å². The fourth-order valence-electron chi connectivity index (χ4n) is 3.35. The van der Waals surface area contributed by atoms with Crippen molar-refractivity contribution in [2.75, 3.05) is 11.5 Å². The van der Waals surface area contributed by atoms with Crippen LogP contribution in [0.25, 0.3) is 16.3 Å². The second-order valence-corrected chi connectivity index (χ2v) is 9.66. The third-order valence-electron chi connectivity index (χ3n) is 4.97. The SMILES string of the molecule is Nc1ccc(/C=C2\N=C(c3ccccc3)N(NC(=O)CSc3nc4ccccc4s3)C2=O)cc1. The molecule has 1 aliphatic rings. The molecule has 3 N–H and O–H groups in total. The number of nitrogens with zero attached hydrogens (tertiary/aromatic N) is 3. The number of hydrogen-bond acceptors (Lipinski definition) is 7. The summed E-state index contributed by atoms with van der Waals surface area (Å²) < 4.78 is 1.86. The number of nitrogens with one attached hydrogen (secondary N) is 1. The number of benzene rings is 3. The molecular weight excluding hydrogens is 466 g/mol. The van der Waals surface area contributed by atoms with Crippen LogP contribution in [0.2, 0.25) is 0 Å². The van der Waals surface area contributed by atoms with Crippen molar-refractivity contribution in [1.29, 1.82) is 0 Å². The summed E-state index contributed by atoms with van der Waals surface area (Å²) in [5.41, 5.74) is 11.7. The highest BCUT2D eigenvalue weighted by molar-refractivity contribution is 8.01. The number of hydrazine groups is 1. The van der Waals surface area contributed by atoms with E-state index in [0.717, 1.165) is 25.7 Å². The van der Waals surface area contributed by atoms with E-state index >= 15 is 0 Å². The summed E-state index contributed by atoms with van der Waals surface area (Å²) in [6.07, 6.45) is 1.67. The molecule has 0 saturated carbocycles. The molecule has 1 aromatic heterocycles. The number of aromatic nitrogens is 1. The summed E-state index contributed by atoms with van der Waals surface area (Å²) in [5.74, 6) is -0.252. The van der Waals surface area contributed by atoms with Crippen LogP contribution in [0.15, 0.2) is 93.9 Å². The molecule has 168 valence electrons. The Morgan fingerprint density at radius 3 is 2.53 bits per heavy atom. The van der Waals surface area contributed by atoms with Crippen LogP contribution in [-0.4, -0.2) is 33.4 Å². The summed E-state index contributed by atoms with van der Waals surface area (Å²) in [4.78, 5) is 35.0. The van der Waals surface area contributed by atoms with Crippen molar-refractivity contribution >= 4 is 62.7 Å². The largest absolute Gasteiger partial charge is 0.399 e. The Hall–Kier alpha value is -3.95. The van der Waals surface area contributed by atoms with Gasteiger partial charge in [0.15, 0.2) is 10.2 Å². The van der Waals surface area contributed by atoms with Gasteiger partial charge in [-0.3, -0.25) is 15.0 Å². The van der Waals surface area contributed by atoms with Crippen molar-refractivity contribution in [1.82, 2.24) is 15.4 Å². The van der Waals surface area contributed by atoms with Crippen LogP contribution in [0.5, 0.6) is 0 Å². The van der Waals surface area contributed by atoms with Crippen LogP contribution in [0, 0.1) is 0 Å². The Labute approximate surface area is 204 Å². The van der Waals surface area contributed by atoms with Gasteiger partial charge in [-0.2, -0.15) is 5.01 Å². The number of nitrogen functional groups attached to an aromatic ring is 1. The molecule has 0 spiro atoms. The summed E-state index contributed by atoms with van der Waals surface area (Å²) in [6, 6.07) is 24.2. The van der Waals surface area contributed by atoms with Gasteiger partial charge in [0.1, 0.15) is 5.70 Å². The lowest BCUT2D eigenvalue weighted by Crippen LogP contribution is -2.48. The van der Waals surface area contributed by atoms with E-state index in [1.54, 1.807) is 18.2 Å². The number of thiazole rings is 1. The van der Waals surface area contributed by atoms with Gasteiger partial charge in [-0.25, -0.2) is 9.98 Å². The van der Waals surface area contributed by atoms with E-state index in [-0.39, 0.29) is 17.4 Å². The first-order valence-corrected chi connectivity index (χ1v) is 12.2. The average molecular weight is 486 g/mol. The molecule has 0 atom stereocenters. The smallest absolute Gasteiger partial charge is 0.297 e. The van der Waals surface area contributed by atoms with Crippen molar-refractivity contribution < 1.29 is 9.59 Å². The lowest BCUT2D eigenvalue weighted by atomic mass is 10.2. The molecule has 0 unspecified atom stereocenters. The van der Waals surface area contributed by atoms with Crippen molar-refractivity contribution in [3.05, 3.63) is 95.7 Å². The Balaban J connectivity index is 1.35. The van der Waals surface area contributed by atoms with Crippen LogP contribution in [-0.2, 0) is 9.59 Å². The number of hydrogen-bond donors (Lipinski definition) is 2. The van der Waals surface area contributed by atoms with Gasteiger partial charge in [0.05, 0.1) is 16.0 Å². The molecule has 1 aliphatic heterocycles. The highest BCUT2D eigenvalue weighted by atomic mass is 32.2. The van der Waals surface area contributed by atoms with E-state index in [4.69, 9.17) is 5.73 Å². The predicted molar refractivity (Wildman–Crippen MR) is 137 cm³/mol. The minimum atomic E-state index is -0.408. The second-order valence-electron chi connectivity index (χ2n) is 7.41. The zero-order valence-corrected chi connectivity index (χ0v) is 19.5. The maximum Gasteiger partial charge on any atom is 0.297 e. The molecule has 0 bridgehead atoms. The number of para-hydroxylation sites is 1. The zero-order chi connectivity index (χ0) is 23.5. The van der Waals surface area contributed by atoms with Crippen molar-refractivity contribution in [2.24, 2.45) is 4.99 Å². The van der Waals surface area contributed by atoms with Crippen LogP contribution < -0.4 is 11.2 Å². The molecule has 5 rings (SSSR count). The molecule has 2 heterocycles. The molecule has 0 fully saturated rings. The number of aliphatic imine (C=N–C) groups is 1. The quantitative estimate of drug-likeness (QED) is 0.241. The second kappa shape index (κ2) is 9.50. The maximum absolute atomic E-state index is 13.2. The lowest BCUT2D eigenvalue weighted by Gasteiger charge is -2.19. The molecular formula is C25H19N5O2S2. The van der Waals surface area contributed by atoms with Crippen LogP contribution in [0.4, 0.5) is 5.69 Å². The van der Waals surface area contributed by atoms with Gasteiger partial charge in [0, 0.05) is 11.3 Å². The van der Waals surface area contributed by atoms with Crippen molar-refractivity contribution in [3.63, 3.8) is 0 Å². The topological polar surface area (TPSA) is 101 Å². The number of rotatable bonds is 6. The first-order chi connectivity index (χ1) is 16.6. The van der Waals surface area contributed by atoms with Crippen molar-refractivity contribution in [3.8, 4) is 0 Å². The number of amidine groups is 1. The minimum absolute atomic E-state index is 0.114. The third-order valence-corrected chi connectivity index (χ3v) is 7.15. The number of carbonyl (C=O) groups is 2. The summed E-state index contributed by atoms with van der Waals surface area (Å²) in [6.45, 7) is 0. The van der Waals surface area contributed by atoms with E-state index in [2.05, 4.69) is 15.4 Å². The van der Waals surface area contributed by atoms with E-state index < -0.39 is 5.91 Å². The number of fused-ring (bicyclic) bond motifs is 1. The molecule has 0 radical (unpaired) electrons. The Bertz CT molecular complexity index is 1400. The van der Waals surface area contributed by atoms with E-state index in [1.807, 2.05) is 66.7 Å². The Kier molecular flexibility index (Phi) is 6.11. The van der Waals surface area contributed by atoms with Gasteiger partial charge in [0.2, 0.25) is 5.91 Å². The van der Waals surface area contributed by atoms with Gasteiger partial charge in [0.25, 0.3) is 5.91 Å². The highest BCUT2D eigenvalue weighted by Gasteiger charge is 2.32. The number of anilines is 1. The molecule has 0 saturated heterocycles. The van der Waals surface area contributed by atoms with Crippen molar-refractivity contribution in [2.45, 2.75) is 4.34 Å². The summed E-state index contributed by atoms with van der Waals surface area (Å²) in [7, 11) is 0. The van der Waals surface area contributed by atoms with Gasteiger partial charge in [-0.15, -0.1) is 11.3 Å². The van der Waals surface area contributed by atoms with E-state index in [1.165, 1.54) is 28.1 Å². The van der Waals surface area contributed by atoms with E-state index in [9.17, 15) is 9.59 Å².